The van der Waals surface area contributed by atoms with E-state index in [9.17, 15) is 14.7 Å². The Bertz CT molecular complexity index is 540. The Morgan fingerprint density at radius 2 is 1.81 bits per heavy atom. The van der Waals surface area contributed by atoms with Crippen molar-refractivity contribution in [1.82, 2.24) is 5.32 Å². The number of para-hydroxylation sites is 1. The van der Waals surface area contributed by atoms with Crippen LogP contribution in [0.15, 0.2) is 24.3 Å². The largest absolute Gasteiger partial charge is 0.482 e. The Morgan fingerprint density at radius 1 is 1.24 bits per heavy atom. The van der Waals surface area contributed by atoms with E-state index in [0.717, 1.165) is 0 Å². The first-order chi connectivity index (χ1) is 9.58. The van der Waals surface area contributed by atoms with Crippen LogP contribution in [0.3, 0.4) is 0 Å². The molecule has 0 fully saturated rings. The first kappa shape index (κ1) is 17.3. The number of rotatable bonds is 6. The summed E-state index contributed by atoms with van der Waals surface area (Å²) < 4.78 is 5.33. The average molecular weight is 314 g/mol. The summed E-state index contributed by atoms with van der Waals surface area (Å²) in [7, 11) is 0. The van der Waals surface area contributed by atoms with Crippen molar-refractivity contribution in [3.8, 4) is 5.75 Å². The van der Waals surface area contributed by atoms with E-state index in [2.05, 4.69) is 5.32 Å². The molecule has 1 amide bonds. The summed E-state index contributed by atoms with van der Waals surface area (Å²) in [6, 6.07) is 6.82. The van der Waals surface area contributed by atoms with E-state index < -0.39 is 22.8 Å². The van der Waals surface area contributed by atoms with Crippen LogP contribution in [0.4, 0.5) is 0 Å². The van der Waals surface area contributed by atoms with Gasteiger partial charge in [0.1, 0.15) is 5.75 Å². The lowest BCUT2D eigenvalue weighted by Gasteiger charge is -2.38. The molecule has 0 saturated carbocycles. The van der Waals surface area contributed by atoms with Crippen LogP contribution in [-0.2, 0) is 9.59 Å². The van der Waals surface area contributed by atoms with Crippen molar-refractivity contribution in [2.45, 2.75) is 33.2 Å². The molecule has 116 valence electrons. The molecule has 21 heavy (non-hydrogen) atoms. The highest BCUT2D eigenvalue weighted by Crippen LogP contribution is 2.30. The number of hydrogen-bond acceptors (Lipinski definition) is 3. The molecule has 6 heteroatoms. The van der Waals surface area contributed by atoms with Gasteiger partial charge in [-0.2, -0.15) is 0 Å². The maximum absolute atomic E-state index is 11.9. The number of hydrogen-bond donors (Lipinski definition) is 2. The third-order valence-corrected chi connectivity index (χ3v) is 4.06. The van der Waals surface area contributed by atoms with Gasteiger partial charge in [0.05, 0.1) is 16.0 Å². The van der Waals surface area contributed by atoms with Crippen LogP contribution >= 0.6 is 11.6 Å². The van der Waals surface area contributed by atoms with Crippen molar-refractivity contribution >= 4 is 23.5 Å². The van der Waals surface area contributed by atoms with Gasteiger partial charge in [0, 0.05) is 0 Å². The monoisotopic (exact) mass is 313 g/mol. The van der Waals surface area contributed by atoms with Gasteiger partial charge >= 0.3 is 5.97 Å². The van der Waals surface area contributed by atoms with Crippen LogP contribution in [0.25, 0.3) is 0 Å². The predicted octanol–water partition coefficient (Wildman–Crippen LogP) is 2.72. The molecule has 5 nitrogen and oxygen atoms in total. The van der Waals surface area contributed by atoms with Crippen LogP contribution in [0.1, 0.15) is 27.7 Å². The predicted molar refractivity (Wildman–Crippen MR) is 80.6 cm³/mol. The molecule has 0 radical (unpaired) electrons. The molecule has 0 bridgehead atoms. The Hall–Kier alpha value is -1.75. The van der Waals surface area contributed by atoms with E-state index in [-0.39, 0.29) is 6.61 Å². The van der Waals surface area contributed by atoms with Gasteiger partial charge in [-0.25, -0.2) is 0 Å². The number of benzene rings is 1. The lowest BCUT2D eigenvalue weighted by molar-refractivity contribution is -0.152. The van der Waals surface area contributed by atoms with Gasteiger partial charge in [-0.1, -0.05) is 23.7 Å². The van der Waals surface area contributed by atoms with E-state index in [1.165, 1.54) is 0 Å². The minimum atomic E-state index is -1.12. The molecular formula is C15H20ClNO4. The van der Waals surface area contributed by atoms with Gasteiger partial charge in [-0.05, 0) is 39.8 Å². The maximum Gasteiger partial charge on any atom is 0.311 e. The number of carbonyl (C=O) groups is 2. The Kier molecular flexibility index (Phi) is 5.23. The lowest BCUT2D eigenvalue weighted by Crippen LogP contribution is -2.57. The second kappa shape index (κ2) is 6.35. The number of carboxylic acids is 1. The zero-order valence-corrected chi connectivity index (χ0v) is 13.3. The van der Waals surface area contributed by atoms with E-state index in [1.807, 2.05) is 0 Å². The Labute approximate surface area is 129 Å². The van der Waals surface area contributed by atoms with E-state index in [4.69, 9.17) is 16.3 Å². The summed E-state index contributed by atoms with van der Waals surface area (Å²) in [5.74, 6) is -0.987. The molecule has 0 heterocycles. The highest BCUT2D eigenvalue weighted by molar-refractivity contribution is 6.32. The van der Waals surface area contributed by atoms with Crippen LogP contribution in [0.2, 0.25) is 5.02 Å². The number of amides is 1. The van der Waals surface area contributed by atoms with Crippen molar-refractivity contribution in [2.75, 3.05) is 6.61 Å². The SMILES string of the molecule is CC(C)(NC(=O)COc1ccccc1Cl)C(C)(C)C(=O)O. The van der Waals surface area contributed by atoms with Crippen molar-refractivity contribution in [2.24, 2.45) is 5.41 Å². The average Bonchev–Trinajstić information content (AvgIpc) is 2.36. The molecule has 0 atom stereocenters. The zero-order chi connectivity index (χ0) is 16.3. The fourth-order valence-electron chi connectivity index (χ4n) is 1.51. The highest BCUT2D eigenvalue weighted by Gasteiger charge is 2.44. The molecule has 1 rings (SSSR count). The van der Waals surface area contributed by atoms with Crippen LogP contribution in [0, 0.1) is 5.41 Å². The van der Waals surface area contributed by atoms with Crippen LogP contribution < -0.4 is 10.1 Å². The van der Waals surface area contributed by atoms with Gasteiger partial charge in [0.25, 0.3) is 5.91 Å². The molecular weight excluding hydrogens is 294 g/mol. The van der Waals surface area contributed by atoms with Gasteiger partial charge in [-0.3, -0.25) is 9.59 Å². The first-order valence-electron chi connectivity index (χ1n) is 6.49. The van der Waals surface area contributed by atoms with Gasteiger partial charge in [0.2, 0.25) is 0 Å². The summed E-state index contributed by atoms with van der Waals surface area (Å²) in [5.41, 5.74) is -2.05. The Balaban J connectivity index is 2.66. The van der Waals surface area contributed by atoms with Gasteiger partial charge in [-0.15, -0.1) is 0 Å². The second-order valence-electron chi connectivity index (χ2n) is 5.82. The standard InChI is InChI=1S/C15H20ClNO4/c1-14(2,13(19)20)15(3,4)17-12(18)9-21-11-8-6-5-7-10(11)16/h5-8H,9H2,1-4H3,(H,17,18)(H,19,20). The minimum Gasteiger partial charge on any atom is -0.482 e. The second-order valence-corrected chi connectivity index (χ2v) is 6.23. The Morgan fingerprint density at radius 3 is 2.33 bits per heavy atom. The number of carbonyl (C=O) groups excluding carboxylic acids is 1. The molecule has 0 unspecified atom stereocenters. The number of nitrogens with one attached hydrogen (secondary N) is 1. The first-order valence-corrected chi connectivity index (χ1v) is 6.87. The molecule has 2 N–H and O–H groups in total. The van der Waals surface area contributed by atoms with E-state index in [0.29, 0.717) is 10.8 Å². The zero-order valence-electron chi connectivity index (χ0n) is 12.6. The van der Waals surface area contributed by atoms with Crippen molar-refractivity contribution in [3.63, 3.8) is 0 Å². The molecule has 0 aromatic heterocycles. The molecule has 0 aliphatic rings. The van der Waals surface area contributed by atoms with Crippen molar-refractivity contribution < 1.29 is 19.4 Å². The summed E-state index contributed by atoms with van der Waals surface area (Å²) >= 11 is 5.92. The fourth-order valence-corrected chi connectivity index (χ4v) is 1.70. The molecule has 0 aliphatic heterocycles. The fraction of sp³-hybridized carbons (Fsp3) is 0.467. The molecule has 0 spiro atoms. The number of halogens is 1. The summed E-state index contributed by atoms with van der Waals surface area (Å²) in [6.07, 6.45) is 0. The maximum atomic E-state index is 11.9. The third kappa shape index (κ3) is 4.11. The third-order valence-electron chi connectivity index (χ3n) is 3.74. The number of ether oxygens (including phenoxy) is 1. The van der Waals surface area contributed by atoms with Crippen LogP contribution in [-0.4, -0.2) is 29.1 Å². The molecule has 0 aliphatic carbocycles. The van der Waals surface area contributed by atoms with E-state index >= 15 is 0 Å². The topological polar surface area (TPSA) is 75.6 Å². The normalized spacial score (nSPS) is 11.9. The van der Waals surface area contributed by atoms with Crippen molar-refractivity contribution in [3.05, 3.63) is 29.3 Å². The smallest absolute Gasteiger partial charge is 0.311 e. The number of carboxylic acid groups (broad SMARTS) is 1. The van der Waals surface area contributed by atoms with Crippen LogP contribution in [0.5, 0.6) is 5.75 Å². The molecule has 1 aromatic carbocycles. The minimum absolute atomic E-state index is 0.233. The summed E-state index contributed by atoms with van der Waals surface area (Å²) in [5, 5.41) is 12.3. The lowest BCUT2D eigenvalue weighted by atomic mass is 9.74. The summed E-state index contributed by atoms with van der Waals surface area (Å²) in [6.45, 7) is 6.21. The highest BCUT2D eigenvalue weighted by atomic mass is 35.5. The number of aliphatic carboxylic acids is 1. The van der Waals surface area contributed by atoms with Gasteiger partial charge < -0.3 is 15.2 Å². The molecule has 1 aromatic rings. The van der Waals surface area contributed by atoms with E-state index in [1.54, 1.807) is 52.0 Å². The summed E-state index contributed by atoms with van der Waals surface area (Å²) in [4.78, 5) is 23.2. The van der Waals surface area contributed by atoms with Crippen molar-refractivity contribution in [1.29, 1.82) is 0 Å². The molecule has 0 saturated heterocycles. The quantitative estimate of drug-likeness (QED) is 0.846. The van der Waals surface area contributed by atoms with Gasteiger partial charge in [0.15, 0.2) is 6.61 Å².